The summed E-state index contributed by atoms with van der Waals surface area (Å²) in [5.74, 6) is -0.104. The van der Waals surface area contributed by atoms with Crippen molar-refractivity contribution in [1.82, 2.24) is 0 Å². The number of rotatable bonds is 9. The Morgan fingerprint density at radius 3 is 2.53 bits per heavy atom. The molecule has 0 saturated carbocycles. The van der Waals surface area contributed by atoms with Crippen molar-refractivity contribution in [2.75, 3.05) is 13.2 Å². The second-order valence-corrected chi connectivity index (χ2v) is 3.91. The first kappa shape index (κ1) is 14.4. The maximum Gasteiger partial charge on any atom is 0.306 e. The van der Waals surface area contributed by atoms with Crippen LogP contribution in [0.2, 0.25) is 0 Å². The molecule has 0 unspecified atom stereocenters. The Morgan fingerprint density at radius 2 is 2.00 bits per heavy atom. The Bertz CT molecular complexity index is 157. The van der Waals surface area contributed by atoms with E-state index in [1.54, 1.807) is 6.92 Å². The van der Waals surface area contributed by atoms with Crippen LogP contribution in [0.4, 0.5) is 0 Å². The zero-order valence-corrected chi connectivity index (χ0v) is 10.00. The molecule has 1 atom stereocenters. The molecule has 0 amide bonds. The molecule has 3 heteroatoms. The van der Waals surface area contributed by atoms with Crippen molar-refractivity contribution in [3.63, 3.8) is 0 Å². The molecule has 0 aliphatic carbocycles. The van der Waals surface area contributed by atoms with E-state index in [0.29, 0.717) is 13.0 Å². The minimum Gasteiger partial charge on any atom is -0.466 e. The van der Waals surface area contributed by atoms with Gasteiger partial charge in [-0.05, 0) is 19.3 Å². The Morgan fingerprint density at radius 1 is 1.27 bits per heavy atom. The number of aliphatic hydroxyl groups is 1. The van der Waals surface area contributed by atoms with Gasteiger partial charge in [-0.2, -0.15) is 0 Å². The topological polar surface area (TPSA) is 46.5 Å². The molecule has 3 nitrogen and oxygen atoms in total. The van der Waals surface area contributed by atoms with Gasteiger partial charge in [0.1, 0.15) is 0 Å². The number of aliphatic hydroxyl groups excluding tert-OH is 1. The lowest BCUT2D eigenvalue weighted by molar-refractivity contribution is -0.144. The number of hydrogen-bond donors (Lipinski definition) is 1. The molecule has 15 heavy (non-hydrogen) atoms. The van der Waals surface area contributed by atoms with Crippen LogP contribution in [-0.2, 0) is 9.53 Å². The summed E-state index contributed by atoms with van der Waals surface area (Å²) in [6.07, 6.45) is 6.01. The van der Waals surface area contributed by atoms with Gasteiger partial charge in [0.15, 0.2) is 0 Å². The predicted octanol–water partition coefficient (Wildman–Crippen LogP) is 2.52. The lowest BCUT2D eigenvalue weighted by Crippen LogP contribution is -2.14. The predicted molar refractivity (Wildman–Crippen MR) is 60.6 cm³/mol. The van der Waals surface area contributed by atoms with Crippen molar-refractivity contribution in [3.05, 3.63) is 0 Å². The number of esters is 1. The zero-order valence-electron chi connectivity index (χ0n) is 10.00. The largest absolute Gasteiger partial charge is 0.466 e. The third-order valence-electron chi connectivity index (χ3n) is 2.48. The molecule has 0 saturated heterocycles. The van der Waals surface area contributed by atoms with Gasteiger partial charge in [0.25, 0.3) is 0 Å². The van der Waals surface area contributed by atoms with Gasteiger partial charge in [0, 0.05) is 6.61 Å². The Balaban J connectivity index is 3.58. The van der Waals surface area contributed by atoms with E-state index in [2.05, 4.69) is 6.92 Å². The molecule has 0 aliphatic heterocycles. The maximum absolute atomic E-state index is 11.2. The van der Waals surface area contributed by atoms with Crippen molar-refractivity contribution >= 4 is 5.97 Å². The quantitative estimate of drug-likeness (QED) is 0.476. The number of ether oxygens (including phenoxy) is 1. The molecule has 0 spiro atoms. The first-order chi connectivity index (χ1) is 7.24. The second kappa shape index (κ2) is 9.97. The zero-order chi connectivity index (χ0) is 11.5. The highest BCUT2D eigenvalue weighted by Crippen LogP contribution is 2.14. The van der Waals surface area contributed by atoms with Crippen LogP contribution in [-0.4, -0.2) is 24.3 Å². The van der Waals surface area contributed by atoms with Crippen LogP contribution < -0.4 is 0 Å². The van der Waals surface area contributed by atoms with Crippen LogP contribution in [0.15, 0.2) is 0 Å². The fraction of sp³-hybridized carbons (Fsp3) is 0.917. The van der Waals surface area contributed by atoms with Gasteiger partial charge >= 0.3 is 5.97 Å². The highest BCUT2D eigenvalue weighted by molar-refractivity contribution is 5.69. The van der Waals surface area contributed by atoms with Crippen molar-refractivity contribution in [2.24, 2.45) is 5.92 Å². The molecule has 0 aliphatic rings. The third kappa shape index (κ3) is 8.43. The molecular weight excluding hydrogens is 192 g/mol. The Kier molecular flexibility index (Phi) is 9.59. The van der Waals surface area contributed by atoms with Crippen LogP contribution in [0.5, 0.6) is 0 Å². The van der Waals surface area contributed by atoms with Gasteiger partial charge < -0.3 is 9.84 Å². The summed E-state index contributed by atoms with van der Waals surface area (Å²) >= 11 is 0. The summed E-state index contributed by atoms with van der Waals surface area (Å²) in [6.45, 7) is 4.48. The first-order valence-electron chi connectivity index (χ1n) is 6.01. The fourth-order valence-corrected chi connectivity index (χ4v) is 1.57. The molecule has 0 aromatic rings. The summed E-state index contributed by atoms with van der Waals surface area (Å²) in [5.41, 5.74) is 0. The summed E-state index contributed by atoms with van der Waals surface area (Å²) in [4.78, 5) is 11.2. The van der Waals surface area contributed by atoms with Crippen molar-refractivity contribution in [3.8, 4) is 0 Å². The lowest BCUT2D eigenvalue weighted by Gasteiger charge is -2.12. The number of carbonyl (C=O) groups excluding carboxylic acids is 1. The molecule has 0 aromatic carbocycles. The number of carbonyl (C=O) groups is 1. The average molecular weight is 216 g/mol. The normalized spacial score (nSPS) is 12.5. The highest BCUT2D eigenvalue weighted by atomic mass is 16.5. The molecule has 1 N–H and O–H groups in total. The summed E-state index contributed by atoms with van der Waals surface area (Å²) in [5, 5.41) is 9.09. The minimum atomic E-state index is -0.188. The van der Waals surface area contributed by atoms with Crippen LogP contribution in [0.1, 0.15) is 52.4 Å². The van der Waals surface area contributed by atoms with Crippen molar-refractivity contribution < 1.29 is 14.6 Å². The summed E-state index contributed by atoms with van der Waals surface area (Å²) in [6, 6.07) is 0. The Hall–Kier alpha value is -0.570. The van der Waals surface area contributed by atoms with Crippen LogP contribution in [0.3, 0.4) is 0 Å². The van der Waals surface area contributed by atoms with Crippen LogP contribution in [0, 0.1) is 5.92 Å². The van der Waals surface area contributed by atoms with Gasteiger partial charge in [-0.15, -0.1) is 0 Å². The smallest absolute Gasteiger partial charge is 0.306 e. The molecule has 0 bridgehead atoms. The van der Waals surface area contributed by atoms with Crippen LogP contribution in [0.25, 0.3) is 0 Å². The third-order valence-corrected chi connectivity index (χ3v) is 2.48. The van der Waals surface area contributed by atoms with E-state index in [-0.39, 0.29) is 18.5 Å². The van der Waals surface area contributed by atoms with E-state index >= 15 is 0 Å². The molecule has 0 fully saturated rings. The van der Waals surface area contributed by atoms with Gasteiger partial charge in [0.2, 0.25) is 0 Å². The molecular formula is C12H24O3. The molecule has 0 rings (SSSR count). The van der Waals surface area contributed by atoms with Gasteiger partial charge in [0.05, 0.1) is 13.0 Å². The van der Waals surface area contributed by atoms with Gasteiger partial charge in [-0.1, -0.05) is 32.6 Å². The first-order valence-corrected chi connectivity index (χ1v) is 6.01. The standard InChI is InChI=1S/C12H24O3/c1-3-5-6-7-8-11(10-13)9-12(14)15-4-2/h11,13H,3-10H2,1-2H3/t11-/m0/s1. The van der Waals surface area contributed by atoms with Crippen LogP contribution >= 0.6 is 0 Å². The van der Waals surface area contributed by atoms with E-state index < -0.39 is 0 Å². The SMILES string of the molecule is CCCCCC[C@H](CO)CC(=O)OCC. The maximum atomic E-state index is 11.2. The second-order valence-electron chi connectivity index (χ2n) is 3.91. The fourth-order valence-electron chi connectivity index (χ4n) is 1.57. The summed E-state index contributed by atoms with van der Waals surface area (Å²) < 4.78 is 4.85. The number of unbranched alkanes of at least 4 members (excludes halogenated alkanes) is 3. The van der Waals surface area contributed by atoms with E-state index in [0.717, 1.165) is 12.8 Å². The molecule has 90 valence electrons. The minimum absolute atomic E-state index is 0.0842. The highest BCUT2D eigenvalue weighted by Gasteiger charge is 2.13. The average Bonchev–Trinajstić information content (AvgIpc) is 2.23. The van der Waals surface area contributed by atoms with E-state index in [1.165, 1.54) is 19.3 Å². The van der Waals surface area contributed by atoms with E-state index in [1.807, 2.05) is 0 Å². The van der Waals surface area contributed by atoms with E-state index in [4.69, 9.17) is 9.84 Å². The molecule has 0 radical (unpaired) electrons. The molecule has 0 heterocycles. The monoisotopic (exact) mass is 216 g/mol. The van der Waals surface area contributed by atoms with Gasteiger partial charge in [-0.3, -0.25) is 4.79 Å². The molecule has 0 aromatic heterocycles. The van der Waals surface area contributed by atoms with Gasteiger partial charge in [-0.25, -0.2) is 0 Å². The Labute approximate surface area is 92.8 Å². The van der Waals surface area contributed by atoms with Crippen molar-refractivity contribution in [1.29, 1.82) is 0 Å². The number of hydrogen-bond acceptors (Lipinski definition) is 3. The van der Waals surface area contributed by atoms with Crippen molar-refractivity contribution in [2.45, 2.75) is 52.4 Å². The summed E-state index contributed by atoms with van der Waals surface area (Å²) in [7, 11) is 0. The van der Waals surface area contributed by atoms with E-state index in [9.17, 15) is 4.79 Å². The lowest BCUT2D eigenvalue weighted by atomic mass is 9.98.